The summed E-state index contributed by atoms with van der Waals surface area (Å²) in [6, 6.07) is 11.4. The minimum absolute atomic E-state index is 0.573. The lowest BCUT2D eigenvalue weighted by atomic mass is 9.91. The van der Waals surface area contributed by atoms with Gasteiger partial charge in [-0.25, -0.2) is 9.97 Å². The Hall–Kier alpha value is -2.24. The predicted molar refractivity (Wildman–Crippen MR) is 104 cm³/mol. The summed E-state index contributed by atoms with van der Waals surface area (Å²) in [5.41, 5.74) is 11.2. The van der Waals surface area contributed by atoms with Crippen LogP contribution in [0.15, 0.2) is 36.5 Å². The maximum Gasteiger partial charge on any atom is 0.160 e. The average Bonchev–Trinajstić information content (AvgIpc) is 2.86. The summed E-state index contributed by atoms with van der Waals surface area (Å²) in [5, 5.41) is 0. The summed E-state index contributed by atoms with van der Waals surface area (Å²) >= 11 is 0. The summed E-state index contributed by atoms with van der Waals surface area (Å²) in [6.07, 6.45) is 7.13. The second kappa shape index (κ2) is 6.49. The van der Waals surface area contributed by atoms with Gasteiger partial charge in [0.15, 0.2) is 5.65 Å². The van der Waals surface area contributed by atoms with Crippen molar-refractivity contribution in [1.82, 2.24) is 19.4 Å². The van der Waals surface area contributed by atoms with E-state index in [1.54, 1.807) is 0 Å². The molecule has 0 bridgehead atoms. The number of benzene rings is 1. The molecule has 5 heteroatoms. The Kier molecular flexibility index (Phi) is 3.98. The van der Waals surface area contributed by atoms with Crippen LogP contribution in [0.3, 0.4) is 0 Å². The van der Waals surface area contributed by atoms with Gasteiger partial charge in [0.25, 0.3) is 0 Å². The van der Waals surface area contributed by atoms with E-state index in [2.05, 4.69) is 39.8 Å². The number of hydrogen-bond acceptors (Lipinski definition) is 4. The van der Waals surface area contributed by atoms with Crippen molar-refractivity contribution in [3.63, 3.8) is 0 Å². The first-order valence-corrected chi connectivity index (χ1v) is 9.70. The maximum atomic E-state index is 5.69. The lowest BCUT2D eigenvalue weighted by molar-refractivity contribution is 0.130. The SMILES string of the molecule is NCc1ccc(-c2cnc3c(c2)nc2n3CCN(C3CCC3)CC2)cc1. The van der Waals surface area contributed by atoms with Crippen LogP contribution in [-0.2, 0) is 19.5 Å². The molecule has 5 rings (SSSR count). The van der Waals surface area contributed by atoms with E-state index < -0.39 is 0 Å². The molecule has 26 heavy (non-hydrogen) atoms. The molecule has 0 saturated heterocycles. The summed E-state index contributed by atoms with van der Waals surface area (Å²) in [5.74, 6) is 1.19. The number of nitrogens with zero attached hydrogens (tertiary/aromatic N) is 4. The van der Waals surface area contributed by atoms with E-state index in [9.17, 15) is 0 Å². The average molecular weight is 347 g/mol. The van der Waals surface area contributed by atoms with E-state index in [-0.39, 0.29) is 0 Å². The molecule has 0 radical (unpaired) electrons. The van der Waals surface area contributed by atoms with E-state index in [4.69, 9.17) is 15.7 Å². The molecule has 1 saturated carbocycles. The van der Waals surface area contributed by atoms with E-state index in [0.717, 1.165) is 60.0 Å². The van der Waals surface area contributed by atoms with Crippen LogP contribution in [0, 0.1) is 0 Å². The van der Waals surface area contributed by atoms with E-state index in [1.165, 1.54) is 25.1 Å². The van der Waals surface area contributed by atoms with Crippen LogP contribution in [-0.4, -0.2) is 38.6 Å². The number of imidazole rings is 1. The van der Waals surface area contributed by atoms with Gasteiger partial charge in [-0.05, 0) is 30.0 Å². The molecule has 1 aliphatic heterocycles. The third-order valence-electron chi connectivity index (χ3n) is 6.01. The fourth-order valence-electron chi connectivity index (χ4n) is 4.18. The Morgan fingerprint density at radius 3 is 2.62 bits per heavy atom. The number of hydrogen-bond donors (Lipinski definition) is 1. The molecular weight excluding hydrogens is 322 g/mol. The minimum atomic E-state index is 0.573. The van der Waals surface area contributed by atoms with Gasteiger partial charge in [0.05, 0.1) is 0 Å². The molecule has 2 N–H and O–H groups in total. The third kappa shape index (κ3) is 2.72. The topological polar surface area (TPSA) is 60.0 Å². The van der Waals surface area contributed by atoms with Gasteiger partial charge >= 0.3 is 0 Å². The molecule has 0 atom stereocenters. The van der Waals surface area contributed by atoms with Gasteiger partial charge in [-0.1, -0.05) is 30.7 Å². The second-order valence-electron chi connectivity index (χ2n) is 7.52. The van der Waals surface area contributed by atoms with Gasteiger partial charge in [-0.15, -0.1) is 0 Å². The molecule has 3 heterocycles. The number of nitrogens with two attached hydrogens (primary N) is 1. The van der Waals surface area contributed by atoms with Crippen molar-refractivity contribution < 1.29 is 0 Å². The van der Waals surface area contributed by atoms with Crippen LogP contribution in [0.4, 0.5) is 0 Å². The minimum Gasteiger partial charge on any atom is -0.326 e. The standard InChI is InChI=1S/C21H25N5/c22-13-15-4-6-16(7-5-15)17-12-19-21(23-14-17)26-11-10-25(18-2-1-3-18)9-8-20(26)24-19/h4-7,12,14,18H,1-3,8-11,13,22H2. The highest BCUT2D eigenvalue weighted by atomic mass is 15.2. The summed E-state index contributed by atoms with van der Waals surface area (Å²) < 4.78 is 2.33. The molecular formula is C21H25N5. The van der Waals surface area contributed by atoms with Crippen molar-refractivity contribution in [2.45, 2.75) is 44.8 Å². The molecule has 0 spiro atoms. The Labute approximate surface area is 153 Å². The number of fused-ring (bicyclic) bond motifs is 3. The van der Waals surface area contributed by atoms with Gasteiger partial charge in [0.1, 0.15) is 11.3 Å². The van der Waals surface area contributed by atoms with Crippen LogP contribution in [0.25, 0.3) is 22.3 Å². The lowest BCUT2D eigenvalue weighted by Gasteiger charge is -2.36. The highest BCUT2D eigenvalue weighted by Gasteiger charge is 2.27. The fourth-order valence-corrected chi connectivity index (χ4v) is 4.18. The Morgan fingerprint density at radius 1 is 1.04 bits per heavy atom. The second-order valence-corrected chi connectivity index (χ2v) is 7.52. The molecule has 134 valence electrons. The number of aromatic nitrogens is 3. The highest BCUT2D eigenvalue weighted by molar-refractivity contribution is 5.78. The van der Waals surface area contributed by atoms with Crippen molar-refractivity contribution in [3.8, 4) is 11.1 Å². The van der Waals surface area contributed by atoms with Crippen LogP contribution in [0.2, 0.25) is 0 Å². The Morgan fingerprint density at radius 2 is 1.88 bits per heavy atom. The highest BCUT2D eigenvalue weighted by Crippen LogP contribution is 2.28. The third-order valence-corrected chi connectivity index (χ3v) is 6.01. The van der Waals surface area contributed by atoms with Crippen LogP contribution >= 0.6 is 0 Å². The Balaban J connectivity index is 1.44. The van der Waals surface area contributed by atoms with Gasteiger partial charge in [-0.2, -0.15) is 0 Å². The van der Waals surface area contributed by atoms with Gasteiger partial charge in [0, 0.05) is 50.4 Å². The van der Waals surface area contributed by atoms with Gasteiger partial charge in [0.2, 0.25) is 0 Å². The van der Waals surface area contributed by atoms with Crippen LogP contribution in [0.5, 0.6) is 0 Å². The molecule has 0 amide bonds. The predicted octanol–water partition coefficient (Wildman–Crippen LogP) is 2.97. The zero-order valence-electron chi connectivity index (χ0n) is 15.1. The lowest BCUT2D eigenvalue weighted by Crippen LogP contribution is -2.41. The van der Waals surface area contributed by atoms with Gasteiger partial charge < -0.3 is 10.3 Å². The monoisotopic (exact) mass is 347 g/mol. The first-order valence-electron chi connectivity index (χ1n) is 9.70. The van der Waals surface area contributed by atoms with Crippen molar-refractivity contribution in [1.29, 1.82) is 0 Å². The van der Waals surface area contributed by atoms with E-state index in [0.29, 0.717) is 6.54 Å². The summed E-state index contributed by atoms with van der Waals surface area (Å²) in [7, 11) is 0. The molecule has 5 nitrogen and oxygen atoms in total. The zero-order valence-corrected chi connectivity index (χ0v) is 15.1. The molecule has 1 fully saturated rings. The van der Waals surface area contributed by atoms with Gasteiger partial charge in [-0.3, -0.25) is 4.90 Å². The molecule has 2 aliphatic rings. The van der Waals surface area contributed by atoms with Crippen LogP contribution < -0.4 is 5.73 Å². The molecule has 3 aromatic rings. The number of rotatable bonds is 3. The quantitative estimate of drug-likeness (QED) is 0.791. The first-order chi connectivity index (χ1) is 12.8. The van der Waals surface area contributed by atoms with E-state index in [1.807, 2.05) is 6.20 Å². The number of pyridine rings is 1. The van der Waals surface area contributed by atoms with Crippen LogP contribution in [0.1, 0.15) is 30.7 Å². The smallest absolute Gasteiger partial charge is 0.160 e. The normalized spacial score (nSPS) is 18.5. The van der Waals surface area contributed by atoms with E-state index >= 15 is 0 Å². The summed E-state index contributed by atoms with van der Waals surface area (Å²) in [6.45, 7) is 3.82. The molecule has 2 aromatic heterocycles. The zero-order chi connectivity index (χ0) is 17.5. The largest absolute Gasteiger partial charge is 0.326 e. The summed E-state index contributed by atoms with van der Waals surface area (Å²) in [4.78, 5) is 12.4. The molecule has 1 aromatic carbocycles. The van der Waals surface area contributed by atoms with Crippen molar-refractivity contribution in [3.05, 3.63) is 47.9 Å². The molecule has 0 unspecified atom stereocenters. The fraction of sp³-hybridized carbons (Fsp3) is 0.429. The Bertz CT molecular complexity index is 923. The molecule has 1 aliphatic carbocycles. The van der Waals surface area contributed by atoms with Crippen molar-refractivity contribution in [2.75, 3.05) is 13.1 Å². The van der Waals surface area contributed by atoms with Crippen molar-refractivity contribution in [2.24, 2.45) is 5.73 Å². The maximum absolute atomic E-state index is 5.69. The van der Waals surface area contributed by atoms with Crippen molar-refractivity contribution >= 4 is 11.2 Å². The first kappa shape index (κ1) is 16.0.